The van der Waals surface area contributed by atoms with E-state index in [9.17, 15) is 0 Å². The van der Waals surface area contributed by atoms with E-state index in [0.717, 1.165) is 25.7 Å². The molecule has 1 aromatic heterocycles. The zero-order chi connectivity index (χ0) is 12.7. The van der Waals surface area contributed by atoms with Crippen molar-refractivity contribution in [3.05, 3.63) is 39.6 Å². The second kappa shape index (κ2) is 7.50. The fourth-order valence-corrected chi connectivity index (χ4v) is 3.22. The van der Waals surface area contributed by atoms with Gasteiger partial charge in [0.2, 0.25) is 0 Å². The molecule has 94 valence electrons. The Bertz CT molecular complexity index is 380. The summed E-state index contributed by atoms with van der Waals surface area (Å²) in [7, 11) is 0. The molecule has 0 saturated heterocycles. The quantitative estimate of drug-likeness (QED) is 0.536. The maximum Gasteiger partial charge on any atom is 0.0305 e. The van der Waals surface area contributed by atoms with Gasteiger partial charge in [-0.3, -0.25) is 0 Å². The third kappa shape index (κ3) is 3.57. The Morgan fingerprint density at radius 1 is 1.12 bits per heavy atom. The van der Waals surface area contributed by atoms with Crippen LogP contribution in [0.5, 0.6) is 0 Å². The summed E-state index contributed by atoms with van der Waals surface area (Å²) in [4.78, 5) is 1.44. The molecule has 0 aliphatic carbocycles. The predicted molar refractivity (Wildman–Crippen MR) is 80.5 cm³/mol. The van der Waals surface area contributed by atoms with Gasteiger partial charge in [0.1, 0.15) is 0 Å². The number of hydrogen-bond acceptors (Lipinski definition) is 1. The van der Waals surface area contributed by atoms with Crippen molar-refractivity contribution in [1.29, 1.82) is 0 Å². The van der Waals surface area contributed by atoms with E-state index in [1.54, 1.807) is 16.7 Å². The van der Waals surface area contributed by atoms with Crippen molar-refractivity contribution in [2.24, 2.45) is 0 Å². The van der Waals surface area contributed by atoms with Gasteiger partial charge in [0.15, 0.2) is 0 Å². The van der Waals surface area contributed by atoms with Crippen LogP contribution in [-0.4, -0.2) is 0 Å². The van der Waals surface area contributed by atoms with Gasteiger partial charge in [-0.15, -0.1) is 11.3 Å². The smallest absolute Gasteiger partial charge is 0.0305 e. The van der Waals surface area contributed by atoms with Crippen LogP contribution in [0.3, 0.4) is 0 Å². The molecule has 0 unspecified atom stereocenters. The van der Waals surface area contributed by atoms with Crippen molar-refractivity contribution in [3.8, 4) is 0 Å². The fourth-order valence-electron chi connectivity index (χ4n) is 2.35. The van der Waals surface area contributed by atoms with Crippen LogP contribution in [0.25, 0.3) is 5.57 Å². The summed E-state index contributed by atoms with van der Waals surface area (Å²) >= 11 is 1.86. The highest BCUT2D eigenvalue weighted by Crippen LogP contribution is 2.32. The highest BCUT2D eigenvalue weighted by Gasteiger charge is 2.10. The normalized spacial score (nSPS) is 13.8. The van der Waals surface area contributed by atoms with E-state index in [0.29, 0.717) is 0 Å². The molecular formula is C16H24S. The van der Waals surface area contributed by atoms with Gasteiger partial charge in [0.25, 0.3) is 0 Å². The molecule has 0 aliphatic rings. The van der Waals surface area contributed by atoms with Crippen LogP contribution in [-0.2, 0) is 0 Å². The first-order valence-electron chi connectivity index (χ1n) is 6.73. The van der Waals surface area contributed by atoms with Crippen LogP contribution in [0.15, 0.2) is 34.7 Å². The van der Waals surface area contributed by atoms with Crippen molar-refractivity contribution < 1.29 is 0 Å². The molecule has 0 aromatic carbocycles. The van der Waals surface area contributed by atoms with Crippen molar-refractivity contribution in [2.75, 3.05) is 0 Å². The standard InChI is InChI=1S/C16H24S/c1-5-10-13(6-2)14(7-3)15(8-4)16-11-9-12-17-16/h9-12H,5-8H2,1-4H3/b13-10+,15-14-. The van der Waals surface area contributed by atoms with Gasteiger partial charge in [-0.1, -0.05) is 39.8 Å². The van der Waals surface area contributed by atoms with Crippen LogP contribution in [0.2, 0.25) is 0 Å². The van der Waals surface area contributed by atoms with E-state index in [4.69, 9.17) is 0 Å². The minimum absolute atomic E-state index is 1.13. The van der Waals surface area contributed by atoms with E-state index in [-0.39, 0.29) is 0 Å². The molecule has 0 saturated carbocycles. The van der Waals surface area contributed by atoms with E-state index in [2.05, 4.69) is 51.3 Å². The van der Waals surface area contributed by atoms with Gasteiger partial charge in [-0.2, -0.15) is 0 Å². The second-order valence-corrected chi connectivity index (χ2v) is 5.08. The minimum atomic E-state index is 1.13. The molecule has 0 N–H and O–H groups in total. The highest BCUT2D eigenvalue weighted by atomic mass is 32.1. The Hall–Kier alpha value is -0.820. The lowest BCUT2D eigenvalue weighted by Crippen LogP contribution is -1.93. The van der Waals surface area contributed by atoms with Gasteiger partial charge < -0.3 is 0 Å². The molecule has 0 aliphatic heterocycles. The highest BCUT2D eigenvalue weighted by molar-refractivity contribution is 7.11. The summed E-state index contributed by atoms with van der Waals surface area (Å²) in [6, 6.07) is 4.40. The van der Waals surface area contributed by atoms with Crippen LogP contribution in [0, 0.1) is 0 Å². The van der Waals surface area contributed by atoms with E-state index in [1.807, 2.05) is 11.3 Å². The first-order valence-corrected chi connectivity index (χ1v) is 7.61. The Morgan fingerprint density at radius 2 is 1.88 bits per heavy atom. The second-order valence-electron chi connectivity index (χ2n) is 4.13. The van der Waals surface area contributed by atoms with Crippen LogP contribution in [0.4, 0.5) is 0 Å². The summed E-state index contributed by atoms with van der Waals surface area (Å²) in [5.74, 6) is 0. The molecule has 0 bridgehead atoms. The third-order valence-corrected chi connectivity index (χ3v) is 4.04. The number of hydrogen-bond donors (Lipinski definition) is 0. The minimum Gasteiger partial charge on any atom is -0.144 e. The molecule has 17 heavy (non-hydrogen) atoms. The first-order chi connectivity index (χ1) is 8.28. The van der Waals surface area contributed by atoms with Gasteiger partial charge >= 0.3 is 0 Å². The number of rotatable bonds is 6. The van der Waals surface area contributed by atoms with Crippen LogP contribution in [0.1, 0.15) is 58.3 Å². The van der Waals surface area contributed by atoms with Gasteiger partial charge in [0.05, 0.1) is 0 Å². The van der Waals surface area contributed by atoms with Crippen molar-refractivity contribution in [1.82, 2.24) is 0 Å². The maximum atomic E-state index is 2.39. The molecule has 0 spiro atoms. The zero-order valence-corrected chi connectivity index (χ0v) is 12.4. The predicted octanol–water partition coefficient (Wildman–Crippen LogP) is 6.07. The molecule has 0 fully saturated rings. The number of thiophene rings is 1. The summed E-state index contributed by atoms with van der Waals surface area (Å²) in [5.41, 5.74) is 4.66. The molecule has 1 heterocycles. The van der Waals surface area contributed by atoms with Crippen molar-refractivity contribution in [2.45, 2.75) is 53.4 Å². The summed E-state index contributed by atoms with van der Waals surface area (Å²) in [5, 5.41) is 2.17. The molecule has 1 aromatic rings. The van der Waals surface area contributed by atoms with Crippen molar-refractivity contribution in [3.63, 3.8) is 0 Å². The Kier molecular flexibility index (Phi) is 6.28. The molecule has 1 heteroatoms. The zero-order valence-electron chi connectivity index (χ0n) is 11.5. The van der Waals surface area contributed by atoms with Gasteiger partial charge in [-0.25, -0.2) is 0 Å². The average Bonchev–Trinajstić information content (AvgIpc) is 2.87. The van der Waals surface area contributed by atoms with Crippen molar-refractivity contribution >= 4 is 16.9 Å². The summed E-state index contributed by atoms with van der Waals surface area (Å²) in [6.07, 6.45) is 6.94. The van der Waals surface area contributed by atoms with E-state index >= 15 is 0 Å². The molecular weight excluding hydrogens is 224 g/mol. The SMILES string of the molecule is CC/C=C(CC)/C(CC)=C(/CC)c1cccs1. The lowest BCUT2D eigenvalue weighted by atomic mass is 9.92. The molecule has 0 nitrogen and oxygen atoms in total. The Morgan fingerprint density at radius 3 is 2.29 bits per heavy atom. The average molecular weight is 248 g/mol. The molecule has 0 atom stereocenters. The summed E-state index contributed by atoms with van der Waals surface area (Å²) < 4.78 is 0. The molecule has 0 radical (unpaired) electrons. The first kappa shape index (κ1) is 14.2. The fraction of sp³-hybridized carbons (Fsp3) is 0.500. The van der Waals surface area contributed by atoms with Gasteiger partial charge in [-0.05, 0) is 53.8 Å². The lowest BCUT2D eigenvalue weighted by molar-refractivity contribution is 0.994. The Balaban J connectivity index is 3.23. The molecule has 1 rings (SSSR count). The lowest BCUT2D eigenvalue weighted by Gasteiger charge is -2.14. The van der Waals surface area contributed by atoms with E-state index < -0.39 is 0 Å². The van der Waals surface area contributed by atoms with E-state index in [1.165, 1.54) is 4.88 Å². The van der Waals surface area contributed by atoms with Gasteiger partial charge in [0, 0.05) is 4.88 Å². The maximum absolute atomic E-state index is 2.39. The largest absolute Gasteiger partial charge is 0.144 e. The third-order valence-electron chi connectivity index (χ3n) is 3.11. The van der Waals surface area contributed by atoms with Crippen LogP contribution < -0.4 is 0 Å². The monoisotopic (exact) mass is 248 g/mol. The molecule has 0 amide bonds. The number of allylic oxidation sites excluding steroid dienone is 4. The topological polar surface area (TPSA) is 0 Å². The van der Waals surface area contributed by atoms with Crippen LogP contribution >= 0.6 is 11.3 Å². The summed E-state index contributed by atoms with van der Waals surface area (Å²) in [6.45, 7) is 9.03. The Labute approximate surface area is 110 Å².